The van der Waals surface area contributed by atoms with Crippen LogP contribution >= 0.6 is 0 Å². The van der Waals surface area contributed by atoms with Gasteiger partial charge in [-0.15, -0.1) is 0 Å². The minimum Gasteiger partial charge on any atom is -0.493 e. The fourth-order valence-electron chi connectivity index (χ4n) is 3.73. The van der Waals surface area contributed by atoms with Crippen LogP contribution in [-0.2, 0) is 6.42 Å². The zero-order valence-electron chi connectivity index (χ0n) is 14.4. The van der Waals surface area contributed by atoms with Crippen molar-refractivity contribution in [3.05, 3.63) is 41.0 Å². The summed E-state index contributed by atoms with van der Waals surface area (Å²) in [4.78, 5) is 2.35. The van der Waals surface area contributed by atoms with E-state index in [0.29, 0.717) is 11.5 Å². The lowest BCUT2D eigenvalue weighted by atomic mass is 9.85. The topological polar surface area (TPSA) is 40.2 Å². The second-order valence-corrected chi connectivity index (χ2v) is 6.15. The number of fused-ring (bicyclic) bond motifs is 2. The van der Waals surface area contributed by atoms with Crippen molar-refractivity contribution < 1.29 is 18.9 Å². The first kappa shape index (κ1) is 15.1. The Bertz CT molecular complexity index is 802. The van der Waals surface area contributed by atoms with Crippen LogP contribution in [0, 0.1) is 0 Å². The molecule has 0 fully saturated rings. The van der Waals surface area contributed by atoms with Gasteiger partial charge >= 0.3 is 0 Å². The lowest BCUT2D eigenvalue weighted by Crippen LogP contribution is -2.35. The normalized spacial score (nSPS) is 18.2. The predicted molar refractivity (Wildman–Crippen MR) is 90.8 cm³/mol. The molecule has 2 heterocycles. The zero-order valence-corrected chi connectivity index (χ0v) is 14.4. The van der Waals surface area contributed by atoms with Crippen LogP contribution in [0.1, 0.15) is 22.7 Å². The molecule has 4 rings (SSSR count). The first-order valence-electron chi connectivity index (χ1n) is 8.01. The van der Waals surface area contributed by atoms with Crippen LogP contribution in [0.15, 0.2) is 24.3 Å². The minimum atomic E-state index is 0.127. The Hall–Kier alpha value is -2.40. The molecule has 0 bridgehead atoms. The second-order valence-electron chi connectivity index (χ2n) is 6.15. The molecule has 0 aliphatic carbocycles. The van der Waals surface area contributed by atoms with Crippen molar-refractivity contribution >= 4 is 0 Å². The number of ether oxygens (including phenoxy) is 4. The molecule has 0 saturated heterocycles. The molecule has 24 heavy (non-hydrogen) atoms. The summed E-state index contributed by atoms with van der Waals surface area (Å²) < 4.78 is 22.7. The van der Waals surface area contributed by atoms with Gasteiger partial charge in [0, 0.05) is 23.7 Å². The summed E-state index contributed by atoms with van der Waals surface area (Å²) >= 11 is 0. The van der Waals surface area contributed by atoms with Crippen LogP contribution in [0.3, 0.4) is 0 Å². The Labute approximate surface area is 141 Å². The maximum atomic E-state index is 6.25. The molecule has 1 atom stereocenters. The molecule has 2 aromatic carbocycles. The van der Waals surface area contributed by atoms with Gasteiger partial charge in [-0.2, -0.15) is 0 Å². The van der Waals surface area contributed by atoms with Gasteiger partial charge in [0.25, 0.3) is 0 Å². The number of hydrogen-bond acceptors (Lipinski definition) is 5. The first-order valence-corrected chi connectivity index (χ1v) is 8.01. The average Bonchev–Trinajstić information content (AvgIpc) is 2.62. The average molecular weight is 327 g/mol. The summed E-state index contributed by atoms with van der Waals surface area (Å²) in [6, 6.07) is 8.18. The maximum absolute atomic E-state index is 6.25. The van der Waals surface area contributed by atoms with E-state index >= 15 is 0 Å². The van der Waals surface area contributed by atoms with E-state index < -0.39 is 0 Å². The van der Waals surface area contributed by atoms with Crippen LogP contribution in [-0.4, -0.2) is 39.8 Å². The molecular weight excluding hydrogens is 306 g/mol. The van der Waals surface area contributed by atoms with E-state index in [1.54, 1.807) is 21.3 Å². The molecule has 0 amide bonds. The van der Waals surface area contributed by atoms with Crippen LogP contribution in [0.5, 0.6) is 28.7 Å². The molecular formula is C19H21NO4. The lowest BCUT2D eigenvalue weighted by molar-refractivity contribution is 0.239. The fourth-order valence-corrected chi connectivity index (χ4v) is 3.73. The number of benzene rings is 2. The van der Waals surface area contributed by atoms with Crippen molar-refractivity contribution in [1.82, 2.24) is 4.90 Å². The zero-order chi connectivity index (χ0) is 16.8. The molecule has 126 valence electrons. The Balaban J connectivity index is 1.97. The smallest absolute Gasteiger partial charge is 0.174 e. The third-order valence-electron chi connectivity index (χ3n) is 4.94. The van der Waals surface area contributed by atoms with Crippen molar-refractivity contribution in [2.75, 3.05) is 34.9 Å². The monoisotopic (exact) mass is 327 g/mol. The Kier molecular flexibility index (Phi) is 3.53. The highest BCUT2D eigenvalue weighted by Crippen LogP contribution is 2.54. The summed E-state index contributed by atoms with van der Waals surface area (Å²) in [6.45, 7) is 0.997. The number of rotatable bonds is 3. The molecule has 2 aliphatic heterocycles. The van der Waals surface area contributed by atoms with E-state index in [2.05, 4.69) is 18.0 Å². The number of likely N-dealkylation sites (N-methyl/N-ethyl adjacent to an activating group) is 1. The second kappa shape index (κ2) is 5.60. The number of nitrogens with zero attached hydrogens (tertiary/aromatic N) is 1. The molecule has 2 aliphatic rings. The minimum absolute atomic E-state index is 0.127. The highest BCUT2D eigenvalue weighted by atomic mass is 16.5. The number of hydrogen-bond donors (Lipinski definition) is 0. The molecule has 5 heteroatoms. The summed E-state index contributed by atoms with van der Waals surface area (Å²) in [7, 11) is 7.10. The van der Waals surface area contributed by atoms with Crippen LogP contribution < -0.4 is 18.9 Å². The van der Waals surface area contributed by atoms with Crippen LogP contribution in [0.4, 0.5) is 0 Å². The lowest BCUT2D eigenvalue weighted by Gasteiger charge is -2.40. The van der Waals surface area contributed by atoms with Crippen molar-refractivity contribution in [1.29, 1.82) is 0 Å². The van der Waals surface area contributed by atoms with Gasteiger partial charge in [0.1, 0.15) is 5.75 Å². The van der Waals surface area contributed by atoms with Gasteiger partial charge in [0.2, 0.25) is 0 Å². The third-order valence-corrected chi connectivity index (χ3v) is 4.94. The summed E-state index contributed by atoms with van der Waals surface area (Å²) in [5, 5.41) is 0. The predicted octanol–water partition coefficient (Wildman–Crippen LogP) is 3.40. The number of methoxy groups -OCH3 is 3. The highest BCUT2D eigenvalue weighted by molar-refractivity contribution is 5.64. The van der Waals surface area contributed by atoms with Crippen LogP contribution in [0.25, 0.3) is 0 Å². The Morgan fingerprint density at radius 3 is 2.42 bits per heavy atom. The van der Waals surface area contributed by atoms with Crippen molar-refractivity contribution in [3.8, 4) is 28.7 Å². The summed E-state index contributed by atoms with van der Waals surface area (Å²) in [5.74, 6) is 3.73. The molecule has 1 unspecified atom stereocenters. The van der Waals surface area contributed by atoms with Gasteiger partial charge < -0.3 is 18.9 Å². The van der Waals surface area contributed by atoms with E-state index in [4.69, 9.17) is 18.9 Å². The van der Waals surface area contributed by atoms with Gasteiger partial charge in [-0.25, -0.2) is 0 Å². The van der Waals surface area contributed by atoms with Crippen LogP contribution in [0.2, 0.25) is 0 Å². The standard InChI is InChI=1S/C19H21NO4/c1-20-8-7-11-5-6-13(21-2)19-17(11)18(20)12-9-15(22-3)16(23-4)10-14(12)24-19/h5-6,9-10,18H,7-8H2,1-4H3. The SMILES string of the molecule is COc1cc2c(cc1OC)C1c3c(ccc(OC)c3O2)CCN1C. The molecule has 0 N–H and O–H groups in total. The maximum Gasteiger partial charge on any atom is 0.174 e. The van der Waals surface area contributed by atoms with Gasteiger partial charge in [-0.05, 0) is 31.2 Å². The van der Waals surface area contributed by atoms with Gasteiger partial charge in [0.15, 0.2) is 23.0 Å². The molecule has 0 aromatic heterocycles. The van der Waals surface area contributed by atoms with E-state index in [-0.39, 0.29) is 6.04 Å². The molecule has 0 radical (unpaired) electrons. The molecule has 5 nitrogen and oxygen atoms in total. The third kappa shape index (κ3) is 2.04. The largest absolute Gasteiger partial charge is 0.493 e. The van der Waals surface area contributed by atoms with E-state index in [1.807, 2.05) is 18.2 Å². The van der Waals surface area contributed by atoms with Crippen molar-refractivity contribution in [2.45, 2.75) is 12.5 Å². The van der Waals surface area contributed by atoms with Gasteiger partial charge in [-0.1, -0.05) is 6.07 Å². The Morgan fingerprint density at radius 1 is 1.00 bits per heavy atom. The van der Waals surface area contributed by atoms with E-state index in [0.717, 1.165) is 35.8 Å². The van der Waals surface area contributed by atoms with E-state index in [9.17, 15) is 0 Å². The molecule has 0 saturated carbocycles. The van der Waals surface area contributed by atoms with Crippen molar-refractivity contribution in [2.24, 2.45) is 0 Å². The fraction of sp³-hybridized carbons (Fsp3) is 0.368. The van der Waals surface area contributed by atoms with Gasteiger partial charge in [0.05, 0.1) is 27.4 Å². The molecule has 0 spiro atoms. The van der Waals surface area contributed by atoms with Gasteiger partial charge in [-0.3, -0.25) is 4.90 Å². The Morgan fingerprint density at radius 2 is 1.71 bits per heavy atom. The van der Waals surface area contributed by atoms with E-state index in [1.165, 1.54) is 11.1 Å². The first-order chi connectivity index (χ1) is 11.7. The quantitative estimate of drug-likeness (QED) is 0.864. The summed E-state index contributed by atoms with van der Waals surface area (Å²) in [6.07, 6.45) is 1.01. The summed E-state index contributed by atoms with van der Waals surface area (Å²) in [5.41, 5.74) is 3.61. The molecule has 2 aromatic rings. The van der Waals surface area contributed by atoms with Crippen molar-refractivity contribution in [3.63, 3.8) is 0 Å². The highest BCUT2D eigenvalue weighted by Gasteiger charge is 2.37.